The zero-order valence-electron chi connectivity index (χ0n) is 17.0. The Kier molecular flexibility index (Phi) is 6.93. The molecule has 0 aliphatic carbocycles. The monoisotopic (exact) mass is 382 g/mol. The molecule has 2 aromatic rings. The molecule has 0 bridgehead atoms. The van der Waals surface area contributed by atoms with E-state index < -0.39 is 0 Å². The largest absolute Gasteiger partial charge is 0.493 e. The lowest BCUT2D eigenvalue weighted by Gasteiger charge is -2.32. The molecular weight excluding hydrogens is 352 g/mol. The number of ether oxygens (including phenoxy) is 2. The maximum atomic E-state index is 12.9. The second-order valence-corrected chi connectivity index (χ2v) is 7.40. The van der Waals surface area contributed by atoms with Crippen LogP contribution in [0.3, 0.4) is 0 Å². The minimum atomic E-state index is -0.0863. The summed E-state index contributed by atoms with van der Waals surface area (Å²) in [5, 5.41) is 3.18. The minimum absolute atomic E-state index is 0.0278. The van der Waals surface area contributed by atoms with Gasteiger partial charge < -0.3 is 14.8 Å². The Morgan fingerprint density at radius 1 is 1.14 bits per heavy atom. The summed E-state index contributed by atoms with van der Waals surface area (Å²) in [6.45, 7) is 4.75. The molecule has 2 aromatic carbocycles. The van der Waals surface area contributed by atoms with Gasteiger partial charge in [-0.2, -0.15) is 0 Å². The third-order valence-electron chi connectivity index (χ3n) is 5.39. The van der Waals surface area contributed by atoms with E-state index in [9.17, 15) is 4.79 Å². The van der Waals surface area contributed by atoms with Crippen LogP contribution in [0.15, 0.2) is 48.5 Å². The molecule has 2 unspecified atom stereocenters. The van der Waals surface area contributed by atoms with Gasteiger partial charge in [-0.05, 0) is 49.6 Å². The highest BCUT2D eigenvalue weighted by Crippen LogP contribution is 2.30. The fourth-order valence-corrected chi connectivity index (χ4v) is 3.79. The van der Waals surface area contributed by atoms with Gasteiger partial charge in [-0.15, -0.1) is 0 Å². The van der Waals surface area contributed by atoms with Gasteiger partial charge >= 0.3 is 0 Å². The maximum Gasteiger partial charge on any atom is 0.224 e. The SMILES string of the molecule is COc1ccc(C(C)NC(=O)C2CCCN(Cc3ccccc3)C2)cc1OC. The van der Waals surface area contributed by atoms with E-state index >= 15 is 0 Å². The smallest absolute Gasteiger partial charge is 0.224 e. The third-order valence-corrected chi connectivity index (χ3v) is 5.39. The predicted molar refractivity (Wildman–Crippen MR) is 111 cm³/mol. The van der Waals surface area contributed by atoms with Crippen LogP contribution < -0.4 is 14.8 Å². The standard InChI is InChI=1S/C23H30N2O3/c1-17(19-11-12-21(27-2)22(14-19)28-3)24-23(26)20-10-7-13-25(16-20)15-18-8-5-4-6-9-18/h4-6,8-9,11-12,14,17,20H,7,10,13,15-16H2,1-3H3,(H,24,26). The van der Waals surface area contributed by atoms with Crippen LogP contribution >= 0.6 is 0 Å². The second-order valence-electron chi connectivity index (χ2n) is 7.40. The molecular formula is C23H30N2O3. The van der Waals surface area contributed by atoms with E-state index in [2.05, 4.69) is 34.5 Å². The van der Waals surface area contributed by atoms with Crippen molar-refractivity contribution < 1.29 is 14.3 Å². The molecule has 0 radical (unpaired) electrons. The molecule has 1 aliphatic heterocycles. The van der Waals surface area contributed by atoms with Gasteiger partial charge in [0.15, 0.2) is 11.5 Å². The van der Waals surface area contributed by atoms with Gasteiger partial charge in [0, 0.05) is 13.1 Å². The molecule has 1 aliphatic rings. The molecule has 3 rings (SSSR count). The van der Waals surface area contributed by atoms with E-state index in [1.54, 1.807) is 14.2 Å². The van der Waals surface area contributed by atoms with Crippen molar-refractivity contribution in [2.45, 2.75) is 32.4 Å². The van der Waals surface area contributed by atoms with Crippen molar-refractivity contribution in [1.29, 1.82) is 0 Å². The minimum Gasteiger partial charge on any atom is -0.493 e. The first-order valence-electron chi connectivity index (χ1n) is 9.89. The van der Waals surface area contributed by atoms with Crippen LogP contribution in [-0.2, 0) is 11.3 Å². The third kappa shape index (κ3) is 5.04. The fraction of sp³-hybridized carbons (Fsp3) is 0.435. The lowest BCUT2D eigenvalue weighted by atomic mass is 9.96. The summed E-state index contributed by atoms with van der Waals surface area (Å²) in [5.41, 5.74) is 2.30. The molecule has 2 atom stereocenters. The molecule has 28 heavy (non-hydrogen) atoms. The van der Waals surface area contributed by atoms with E-state index in [1.807, 2.05) is 31.2 Å². The number of carbonyl (C=O) groups excluding carboxylic acids is 1. The van der Waals surface area contributed by atoms with Crippen molar-refractivity contribution in [3.8, 4) is 11.5 Å². The molecule has 5 nitrogen and oxygen atoms in total. The van der Waals surface area contributed by atoms with Crippen LogP contribution in [0.1, 0.15) is 36.9 Å². The van der Waals surface area contributed by atoms with Crippen LogP contribution in [0.25, 0.3) is 0 Å². The summed E-state index contributed by atoms with van der Waals surface area (Å²) in [6, 6.07) is 16.1. The van der Waals surface area contributed by atoms with Crippen molar-refractivity contribution in [2.24, 2.45) is 5.92 Å². The highest BCUT2D eigenvalue weighted by Gasteiger charge is 2.27. The van der Waals surface area contributed by atoms with E-state index in [4.69, 9.17) is 9.47 Å². The summed E-state index contributed by atoms with van der Waals surface area (Å²) in [7, 11) is 3.24. The Bertz CT molecular complexity index is 779. The summed E-state index contributed by atoms with van der Waals surface area (Å²) in [5.74, 6) is 1.52. The number of methoxy groups -OCH3 is 2. The molecule has 0 aromatic heterocycles. The highest BCUT2D eigenvalue weighted by molar-refractivity contribution is 5.79. The van der Waals surface area contributed by atoms with E-state index in [-0.39, 0.29) is 17.9 Å². The number of hydrogen-bond acceptors (Lipinski definition) is 4. The first-order chi connectivity index (χ1) is 13.6. The number of carbonyl (C=O) groups is 1. The van der Waals surface area contributed by atoms with E-state index in [0.717, 1.165) is 38.0 Å². The number of amides is 1. The van der Waals surface area contributed by atoms with Crippen LogP contribution in [-0.4, -0.2) is 38.1 Å². The number of rotatable bonds is 7. The summed E-state index contributed by atoms with van der Waals surface area (Å²) < 4.78 is 10.7. The summed E-state index contributed by atoms with van der Waals surface area (Å²) in [4.78, 5) is 15.2. The number of likely N-dealkylation sites (tertiary alicyclic amines) is 1. The summed E-state index contributed by atoms with van der Waals surface area (Å²) >= 11 is 0. The normalized spacial score (nSPS) is 18.3. The van der Waals surface area contributed by atoms with Crippen molar-refractivity contribution in [3.05, 3.63) is 59.7 Å². The van der Waals surface area contributed by atoms with Gasteiger partial charge in [0.2, 0.25) is 5.91 Å². The predicted octanol–water partition coefficient (Wildman–Crippen LogP) is 3.79. The Hall–Kier alpha value is -2.53. The number of piperidine rings is 1. The first-order valence-corrected chi connectivity index (χ1v) is 9.89. The zero-order valence-corrected chi connectivity index (χ0v) is 17.0. The fourth-order valence-electron chi connectivity index (χ4n) is 3.79. The first kappa shape index (κ1) is 20.2. The van der Waals surface area contributed by atoms with Crippen molar-refractivity contribution in [1.82, 2.24) is 10.2 Å². The molecule has 5 heteroatoms. The molecule has 1 amide bonds. The zero-order chi connectivity index (χ0) is 19.9. The van der Waals surface area contributed by atoms with Gasteiger partial charge in [0.25, 0.3) is 0 Å². The topological polar surface area (TPSA) is 50.8 Å². The van der Waals surface area contributed by atoms with Gasteiger partial charge in [-0.1, -0.05) is 36.4 Å². The lowest BCUT2D eigenvalue weighted by Crippen LogP contribution is -2.43. The second kappa shape index (κ2) is 9.60. The highest BCUT2D eigenvalue weighted by atomic mass is 16.5. The van der Waals surface area contributed by atoms with E-state index in [1.165, 1.54) is 5.56 Å². The van der Waals surface area contributed by atoms with Gasteiger partial charge in [0.05, 0.1) is 26.2 Å². The average molecular weight is 383 g/mol. The van der Waals surface area contributed by atoms with Crippen LogP contribution in [0.2, 0.25) is 0 Å². The van der Waals surface area contributed by atoms with Crippen LogP contribution in [0.4, 0.5) is 0 Å². The Labute approximate surface area is 167 Å². The molecule has 1 fully saturated rings. The van der Waals surface area contributed by atoms with Gasteiger partial charge in [-0.25, -0.2) is 0 Å². The molecule has 150 valence electrons. The molecule has 0 saturated carbocycles. The lowest BCUT2D eigenvalue weighted by molar-refractivity contribution is -0.127. The van der Waals surface area contributed by atoms with Crippen LogP contribution in [0.5, 0.6) is 11.5 Å². The quantitative estimate of drug-likeness (QED) is 0.792. The maximum absolute atomic E-state index is 12.9. The average Bonchev–Trinajstić information content (AvgIpc) is 2.74. The molecule has 1 heterocycles. The van der Waals surface area contributed by atoms with Gasteiger partial charge in [0.1, 0.15) is 0 Å². The molecule has 1 saturated heterocycles. The number of hydrogen-bond donors (Lipinski definition) is 1. The Morgan fingerprint density at radius 2 is 1.89 bits per heavy atom. The molecule has 0 spiro atoms. The van der Waals surface area contributed by atoms with Crippen LogP contribution in [0, 0.1) is 5.92 Å². The number of nitrogens with one attached hydrogen (secondary N) is 1. The van der Waals surface area contributed by atoms with Crippen molar-refractivity contribution >= 4 is 5.91 Å². The number of nitrogens with zero attached hydrogens (tertiary/aromatic N) is 1. The van der Waals surface area contributed by atoms with E-state index in [0.29, 0.717) is 11.5 Å². The Balaban J connectivity index is 1.59. The number of benzene rings is 2. The van der Waals surface area contributed by atoms with Gasteiger partial charge in [-0.3, -0.25) is 9.69 Å². The Morgan fingerprint density at radius 3 is 2.61 bits per heavy atom. The van der Waals surface area contributed by atoms with Crippen molar-refractivity contribution in [2.75, 3.05) is 27.3 Å². The molecule has 1 N–H and O–H groups in total. The summed E-state index contributed by atoms with van der Waals surface area (Å²) in [6.07, 6.45) is 1.99. The van der Waals surface area contributed by atoms with Crippen molar-refractivity contribution in [3.63, 3.8) is 0 Å².